The number of amides is 1. The number of ketones is 1. The Bertz CT molecular complexity index is 1170. The zero-order chi connectivity index (χ0) is 22.9. The van der Waals surface area contributed by atoms with Gasteiger partial charge in [0, 0.05) is 22.0 Å². The van der Waals surface area contributed by atoms with E-state index in [9.17, 15) is 18.4 Å². The monoisotopic (exact) mass is 428 g/mol. The van der Waals surface area contributed by atoms with Crippen LogP contribution in [-0.4, -0.2) is 28.6 Å². The molecule has 0 fully saturated rings. The van der Waals surface area contributed by atoms with E-state index < -0.39 is 34.6 Å². The van der Waals surface area contributed by atoms with E-state index in [1.165, 1.54) is 19.9 Å². The predicted molar refractivity (Wildman–Crippen MR) is 112 cm³/mol. The number of hydrogen-bond donors (Lipinski definition) is 2. The number of nitrogens with zero attached hydrogens (tertiary/aromatic N) is 1. The molecule has 0 saturated heterocycles. The lowest BCUT2D eigenvalue weighted by atomic mass is 9.90. The second-order valence-electron chi connectivity index (χ2n) is 7.60. The molecule has 3 rings (SSSR count). The third-order valence-electron chi connectivity index (χ3n) is 4.90. The first-order valence-corrected chi connectivity index (χ1v) is 9.63. The Morgan fingerprint density at radius 2 is 1.77 bits per heavy atom. The Morgan fingerprint density at radius 3 is 2.35 bits per heavy atom. The summed E-state index contributed by atoms with van der Waals surface area (Å²) >= 11 is 0. The van der Waals surface area contributed by atoms with Crippen LogP contribution in [0.2, 0.25) is 0 Å². The SMILES string of the molecule is CCOc1nc(C)cc2c(C(=O)c3c(F)cc(C(C)(C)NC(=O)O)cc3F)cccc12. The summed E-state index contributed by atoms with van der Waals surface area (Å²) in [4.78, 5) is 28.5. The fourth-order valence-electron chi connectivity index (χ4n) is 3.44. The summed E-state index contributed by atoms with van der Waals surface area (Å²) < 4.78 is 35.4. The minimum atomic E-state index is -1.34. The average Bonchev–Trinajstić information content (AvgIpc) is 2.66. The first kappa shape index (κ1) is 22.1. The molecule has 0 unspecified atom stereocenters. The Hall–Kier alpha value is -3.55. The fraction of sp³-hybridized carbons (Fsp3) is 0.261. The molecular formula is C23H22F2N2O4. The number of halogens is 2. The van der Waals surface area contributed by atoms with Gasteiger partial charge in [-0.25, -0.2) is 18.6 Å². The number of hydrogen-bond acceptors (Lipinski definition) is 4. The van der Waals surface area contributed by atoms with E-state index in [0.29, 0.717) is 29.0 Å². The number of aryl methyl sites for hydroxylation is 1. The minimum Gasteiger partial charge on any atom is -0.478 e. The summed E-state index contributed by atoms with van der Waals surface area (Å²) in [5.41, 5.74) is -1.22. The molecule has 0 saturated carbocycles. The normalized spacial score (nSPS) is 11.4. The third kappa shape index (κ3) is 4.33. The van der Waals surface area contributed by atoms with Crippen molar-refractivity contribution in [1.29, 1.82) is 0 Å². The Labute approximate surface area is 177 Å². The number of ether oxygens (including phenoxy) is 1. The third-order valence-corrected chi connectivity index (χ3v) is 4.90. The van der Waals surface area contributed by atoms with Gasteiger partial charge in [-0.2, -0.15) is 0 Å². The van der Waals surface area contributed by atoms with Crippen LogP contribution in [0.25, 0.3) is 10.8 Å². The number of carboxylic acid groups (broad SMARTS) is 1. The van der Waals surface area contributed by atoms with Crippen molar-refractivity contribution in [2.45, 2.75) is 33.2 Å². The van der Waals surface area contributed by atoms with Gasteiger partial charge in [0.2, 0.25) is 5.88 Å². The van der Waals surface area contributed by atoms with Gasteiger partial charge in [0.1, 0.15) is 11.6 Å². The van der Waals surface area contributed by atoms with Gasteiger partial charge in [0.25, 0.3) is 0 Å². The first-order chi connectivity index (χ1) is 14.5. The second-order valence-corrected chi connectivity index (χ2v) is 7.60. The number of rotatable bonds is 6. The summed E-state index contributed by atoms with van der Waals surface area (Å²) in [6.45, 7) is 6.84. The zero-order valence-electron chi connectivity index (χ0n) is 17.5. The highest BCUT2D eigenvalue weighted by Gasteiger charge is 2.28. The lowest BCUT2D eigenvalue weighted by Gasteiger charge is -2.25. The number of nitrogens with one attached hydrogen (secondary N) is 1. The number of carbonyl (C=O) groups excluding carboxylic acids is 1. The van der Waals surface area contributed by atoms with Gasteiger partial charge >= 0.3 is 6.09 Å². The summed E-state index contributed by atoms with van der Waals surface area (Å²) in [5, 5.41) is 12.2. The molecule has 162 valence electrons. The van der Waals surface area contributed by atoms with Crippen molar-refractivity contribution in [3.63, 3.8) is 0 Å². The van der Waals surface area contributed by atoms with Crippen LogP contribution in [0.4, 0.5) is 13.6 Å². The summed E-state index contributed by atoms with van der Waals surface area (Å²) in [7, 11) is 0. The number of pyridine rings is 1. The standard InChI is InChI=1S/C23H22F2N2O4/c1-5-31-21-15-8-6-7-14(16(15)9-12(2)26-21)20(28)19-17(24)10-13(11-18(19)25)23(3,4)27-22(29)30/h6-11,27H,5H2,1-4H3,(H,29,30). The Balaban J connectivity index is 2.14. The van der Waals surface area contributed by atoms with Crippen LogP contribution < -0.4 is 10.1 Å². The van der Waals surface area contributed by atoms with E-state index >= 15 is 0 Å². The maximum atomic E-state index is 14.9. The van der Waals surface area contributed by atoms with Crippen molar-refractivity contribution in [3.05, 3.63) is 70.4 Å². The van der Waals surface area contributed by atoms with E-state index in [0.717, 1.165) is 12.1 Å². The zero-order valence-corrected chi connectivity index (χ0v) is 17.5. The molecule has 0 aliphatic carbocycles. The Morgan fingerprint density at radius 1 is 1.13 bits per heavy atom. The number of aromatic nitrogens is 1. The molecular weight excluding hydrogens is 406 g/mol. The van der Waals surface area contributed by atoms with Crippen molar-refractivity contribution in [2.24, 2.45) is 0 Å². The molecule has 0 bridgehead atoms. The molecule has 0 atom stereocenters. The van der Waals surface area contributed by atoms with Crippen molar-refractivity contribution in [2.75, 3.05) is 6.61 Å². The van der Waals surface area contributed by atoms with E-state index in [-0.39, 0.29) is 11.1 Å². The van der Waals surface area contributed by atoms with Gasteiger partial charge in [-0.05, 0) is 57.5 Å². The van der Waals surface area contributed by atoms with Gasteiger partial charge in [0.05, 0.1) is 17.7 Å². The molecule has 2 aromatic carbocycles. The van der Waals surface area contributed by atoms with E-state index in [1.807, 2.05) is 0 Å². The van der Waals surface area contributed by atoms with Crippen molar-refractivity contribution >= 4 is 22.6 Å². The molecule has 0 aliphatic heterocycles. The smallest absolute Gasteiger partial charge is 0.405 e. The van der Waals surface area contributed by atoms with Gasteiger partial charge < -0.3 is 15.2 Å². The quantitative estimate of drug-likeness (QED) is 0.542. The van der Waals surface area contributed by atoms with E-state index in [1.54, 1.807) is 32.0 Å². The molecule has 8 heteroatoms. The highest BCUT2D eigenvalue weighted by atomic mass is 19.1. The maximum Gasteiger partial charge on any atom is 0.405 e. The molecule has 0 radical (unpaired) electrons. The molecule has 3 aromatic rings. The van der Waals surface area contributed by atoms with Crippen LogP contribution in [0.1, 0.15) is 48.0 Å². The highest BCUT2D eigenvalue weighted by molar-refractivity contribution is 6.17. The molecule has 0 aliphatic rings. The van der Waals surface area contributed by atoms with Crippen LogP contribution in [0.5, 0.6) is 5.88 Å². The lowest BCUT2D eigenvalue weighted by molar-refractivity contribution is 0.103. The second kappa shape index (κ2) is 8.29. The van der Waals surface area contributed by atoms with Crippen LogP contribution in [0.15, 0.2) is 36.4 Å². The minimum absolute atomic E-state index is 0.0537. The van der Waals surface area contributed by atoms with Gasteiger partial charge in [0.15, 0.2) is 5.78 Å². The number of benzene rings is 2. The summed E-state index contributed by atoms with van der Waals surface area (Å²) in [6, 6.07) is 8.40. The van der Waals surface area contributed by atoms with Crippen molar-refractivity contribution < 1.29 is 28.2 Å². The maximum absolute atomic E-state index is 14.9. The first-order valence-electron chi connectivity index (χ1n) is 9.63. The molecule has 1 amide bonds. The highest BCUT2D eigenvalue weighted by Crippen LogP contribution is 2.31. The topological polar surface area (TPSA) is 88.5 Å². The van der Waals surface area contributed by atoms with Crippen molar-refractivity contribution in [3.8, 4) is 5.88 Å². The van der Waals surface area contributed by atoms with Gasteiger partial charge in [-0.15, -0.1) is 0 Å². The number of fused-ring (bicyclic) bond motifs is 1. The Kier molecular flexibility index (Phi) is 5.92. The van der Waals surface area contributed by atoms with Gasteiger partial charge in [-0.1, -0.05) is 12.1 Å². The molecule has 6 nitrogen and oxygen atoms in total. The predicted octanol–water partition coefficient (Wildman–Crippen LogP) is 4.95. The van der Waals surface area contributed by atoms with Crippen LogP contribution in [-0.2, 0) is 5.54 Å². The fourth-order valence-corrected chi connectivity index (χ4v) is 3.44. The molecule has 1 heterocycles. The van der Waals surface area contributed by atoms with Gasteiger partial charge in [-0.3, -0.25) is 4.79 Å². The largest absolute Gasteiger partial charge is 0.478 e. The van der Waals surface area contributed by atoms with E-state index in [4.69, 9.17) is 9.84 Å². The number of carbonyl (C=O) groups is 2. The van der Waals surface area contributed by atoms with Crippen LogP contribution in [0, 0.1) is 18.6 Å². The lowest BCUT2D eigenvalue weighted by Crippen LogP contribution is -2.40. The van der Waals surface area contributed by atoms with Crippen molar-refractivity contribution in [1.82, 2.24) is 10.3 Å². The molecule has 31 heavy (non-hydrogen) atoms. The summed E-state index contributed by atoms with van der Waals surface area (Å²) in [5.74, 6) is -2.64. The summed E-state index contributed by atoms with van der Waals surface area (Å²) in [6.07, 6.45) is -1.34. The molecule has 0 spiro atoms. The van der Waals surface area contributed by atoms with Crippen LogP contribution in [0.3, 0.4) is 0 Å². The average molecular weight is 428 g/mol. The van der Waals surface area contributed by atoms with Crippen LogP contribution >= 0.6 is 0 Å². The molecule has 1 aromatic heterocycles. The molecule has 2 N–H and O–H groups in total. The van der Waals surface area contributed by atoms with E-state index in [2.05, 4.69) is 10.3 Å².